The van der Waals surface area contributed by atoms with Crippen molar-refractivity contribution < 1.29 is 24.2 Å². The minimum absolute atomic E-state index is 0.257. The normalized spacial score (nSPS) is 16.9. The predicted octanol–water partition coefficient (Wildman–Crippen LogP) is 2.19. The number of hydrogen-bond acceptors (Lipinski definition) is 5. The number of carbonyl (C=O) groups is 2. The van der Waals surface area contributed by atoms with E-state index in [9.17, 15) is 14.7 Å². The molecule has 156 valence electrons. The van der Waals surface area contributed by atoms with Crippen LogP contribution in [0.4, 0.5) is 4.79 Å². The molecule has 0 fully saturated rings. The molecule has 0 saturated carbocycles. The summed E-state index contributed by atoms with van der Waals surface area (Å²) in [6.07, 6.45) is 2.19. The minimum Gasteiger partial charge on any atom is -0.497 e. The number of methoxy groups -OCH3 is 2. The fourth-order valence-electron chi connectivity index (χ4n) is 3.59. The summed E-state index contributed by atoms with van der Waals surface area (Å²) in [5.41, 5.74) is 2.35. The number of rotatable bonds is 6. The van der Waals surface area contributed by atoms with Gasteiger partial charge < -0.3 is 29.8 Å². The van der Waals surface area contributed by atoms with E-state index in [1.165, 1.54) is 0 Å². The van der Waals surface area contributed by atoms with E-state index in [2.05, 4.69) is 15.3 Å². The molecule has 2 heterocycles. The van der Waals surface area contributed by atoms with Gasteiger partial charge in [-0.1, -0.05) is 13.8 Å². The molecule has 2 amide bonds. The van der Waals surface area contributed by atoms with Crippen LogP contribution < -0.4 is 14.8 Å². The summed E-state index contributed by atoms with van der Waals surface area (Å²) in [6, 6.07) is 3.37. The summed E-state index contributed by atoms with van der Waals surface area (Å²) < 4.78 is 10.9. The number of aromatic nitrogens is 2. The third kappa shape index (κ3) is 3.98. The van der Waals surface area contributed by atoms with Crippen molar-refractivity contribution >= 4 is 12.0 Å². The first-order valence-corrected chi connectivity index (χ1v) is 9.41. The van der Waals surface area contributed by atoms with Crippen LogP contribution in [0.2, 0.25) is 0 Å². The number of urea groups is 1. The molecule has 3 N–H and O–H groups in total. The van der Waals surface area contributed by atoms with Crippen molar-refractivity contribution in [1.29, 1.82) is 0 Å². The van der Waals surface area contributed by atoms with E-state index in [4.69, 9.17) is 9.47 Å². The molecule has 2 aromatic rings. The Morgan fingerprint density at radius 3 is 2.69 bits per heavy atom. The number of amides is 2. The Bertz CT molecular complexity index is 895. The maximum absolute atomic E-state index is 13.1. The molecular formula is C20H26N4O5. The first kappa shape index (κ1) is 20.5. The topological polar surface area (TPSA) is 117 Å². The lowest BCUT2D eigenvalue weighted by molar-refractivity contribution is -0.140. The Hall–Kier alpha value is -3.23. The van der Waals surface area contributed by atoms with Crippen molar-refractivity contribution in [2.45, 2.75) is 32.4 Å². The number of aromatic amines is 1. The van der Waals surface area contributed by atoms with Crippen molar-refractivity contribution in [3.8, 4) is 11.5 Å². The highest BCUT2D eigenvalue weighted by atomic mass is 16.5. The third-order valence-corrected chi connectivity index (χ3v) is 5.13. The smallest absolute Gasteiger partial charge is 0.326 e. The van der Waals surface area contributed by atoms with Crippen molar-refractivity contribution in [3.05, 3.63) is 41.5 Å². The third-order valence-electron chi connectivity index (χ3n) is 5.13. The number of ether oxygens (including phenoxy) is 2. The molecular weight excluding hydrogens is 376 g/mol. The van der Waals surface area contributed by atoms with Crippen molar-refractivity contribution in [3.63, 3.8) is 0 Å². The highest BCUT2D eigenvalue weighted by Crippen LogP contribution is 2.39. The number of benzene rings is 1. The number of nitrogens with one attached hydrogen (secondary N) is 2. The van der Waals surface area contributed by atoms with Crippen LogP contribution >= 0.6 is 0 Å². The zero-order valence-corrected chi connectivity index (χ0v) is 16.9. The fourth-order valence-corrected chi connectivity index (χ4v) is 3.59. The quantitative estimate of drug-likeness (QED) is 0.682. The standard InChI is InChI=1S/C20H26N4O5/c1-11(2)16(19(25)26)23-20(27)24-8-7-14-17(22-10-21-14)18(24)13-9-12(28-3)5-6-15(13)29-4/h5-6,9-11,16,18H,7-8H2,1-4H3,(H,21,22)(H,23,27)(H,25,26). The lowest BCUT2D eigenvalue weighted by Crippen LogP contribution is -2.52. The van der Waals surface area contributed by atoms with Crippen LogP contribution in [-0.4, -0.2) is 58.8 Å². The second-order valence-electron chi connectivity index (χ2n) is 7.23. The molecule has 9 nitrogen and oxygen atoms in total. The monoisotopic (exact) mass is 402 g/mol. The van der Waals surface area contributed by atoms with Gasteiger partial charge in [0.2, 0.25) is 0 Å². The van der Waals surface area contributed by atoms with Crippen LogP contribution in [0, 0.1) is 5.92 Å². The summed E-state index contributed by atoms with van der Waals surface area (Å²) in [6.45, 7) is 3.91. The highest BCUT2D eigenvalue weighted by molar-refractivity contribution is 5.83. The summed E-state index contributed by atoms with van der Waals surface area (Å²) in [5, 5.41) is 12.1. The van der Waals surface area contributed by atoms with Gasteiger partial charge in [-0.2, -0.15) is 0 Å². The molecule has 0 bridgehead atoms. The van der Waals surface area contributed by atoms with E-state index in [1.54, 1.807) is 51.4 Å². The Morgan fingerprint density at radius 2 is 2.07 bits per heavy atom. The average molecular weight is 402 g/mol. The number of nitrogens with zero attached hydrogens (tertiary/aromatic N) is 2. The van der Waals surface area contributed by atoms with Gasteiger partial charge in [0.1, 0.15) is 23.6 Å². The van der Waals surface area contributed by atoms with Gasteiger partial charge in [0.05, 0.1) is 26.2 Å². The van der Waals surface area contributed by atoms with E-state index >= 15 is 0 Å². The van der Waals surface area contributed by atoms with Crippen LogP contribution in [-0.2, 0) is 11.2 Å². The van der Waals surface area contributed by atoms with E-state index in [-0.39, 0.29) is 5.92 Å². The Labute approximate surface area is 169 Å². The number of H-pyrrole nitrogens is 1. The number of fused-ring (bicyclic) bond motifs is 1. The minimum atomic E-state index is -1.07. The molecule has 0 spiro atoms. The van der Waals surface area contributed by atoms with Crippen LogP contribution in [0.1, 0.15) is 36.8 Å². The second kappa shape index (κ2) is 8.42. The predicted molar refractivity (Wildman–Crippen MR) is 105 cm³/mol. The SMILES string of the molecule is COc1ccc(OC)c(C2c3nc[nH]c3CCN2C(=O)NC(C(=O)O)C(C)C)c1. The maximum Gasteiger partial charge on any atom is 0.326 e. The molecule has 0 saturated heterocycles. The summed E-state index contributed by atoms with van der Waals surface area (Å²) in [4.78, 5) is 33.9. The molecule has 1 aliphatic heterocycles. The highest BCUT2D eigenvalue weighted by Gasteiger charge is 2.37. The second-order valence-corrected chi connectivity index (χ2v) is 7.23. The average Bonchev–Trinajstić information content (AvgIpc) is 3.18. The number of hydrogen-bond donors (Lipinski definition) is 3. The molecule has 0 aliphatic carbocycles. The van der Waals surface area contributed by atoms with Crippen LogP contribution in [0.3, 0.4) is 0 Å². The molecule has 9 heteroatoms. The zero-order valence-electron chi connectivity index (χ0n) is 16.9. The van der Waals surface area contributed by atoms with Crippen molar-refractivity contribution in [2.75, 3.05) is 20.8 Å². The number of carboxylic acids is 1. The largest absolute Gasteiger partial charge is 0.497 e. The number of carboxylic acid groups (broad SMARTS) is 1. The van der Waals surface area contributed by atoms with Gasteiger partial charge in [0.25, 0.3) is 0 Å². The Kier molecular flexibility index (Phi) is 5.95. The van der Waals surface area contributed by atoms with Gasteiger partial charge in [-0.25, -0.2) is 14.6 Å². The molecule has 2 atom stereocenters. The fraction of sp³-hybridized carbons (Fsp3) is 0.450. The summed E-state index contributed by atoms with van der Waals surface area (Å²) >= 11 is 0. The van der Waals surface area contributed by atoms with Crippen molar-refractivity contribution in [1.82, 2.24) is 20.2 Å². The first-order chi connectivity index (χ1) is 13.9. The van der Waals surface area contributed by atoms with E-state index in [0.29, 0.717) is 35.7 Å². The van der Waals surface area contributed by atoms with E-state index < -0.39 is 24.1 Å². The van der Waals surface area contributed by atoms with Gasteiger partial charge in [-0.3, -0.25) is 0 Å². The van der Waals surface area contributed by atoms with E-state index in [0.717, 1.165) is 5.69 Å². The van der Waals surface area contributed by atoms with E-state index in [1.807, 2.05) is 6.07 Å². The lowest BCUT2D eigenvalue weighted by atomic mass is 9.94. The molecule has 29 heavy (non-hydrogen) atoms. The Balaban J connectivity index is 2.04. The molecule has 1 aliphatic rings. The zero-order chi connectivity index (χ0) is 21.1. The molecule has 1 aromatic heterocycles. The maximum atomic E-state index is 13.1. The Morgan fingerprint density at radius 1 is 1.31 bits per heavy atom. The summed E-state index contributed by atoms with van der Waals surface area (Å²) in [5.74, 6) is -0.120. The number of aliphatic carboxylic acids is 1. The van der Waals surface area contributed by atoms with Gasteiger partial charge in [-0.05, 0) is 24.1 Å². The van der Waals surface area contributed by atoms with Gasteiger partial charge in [0, 0.05) is 24.2 Å². The molecule has 1 aromatic carbocycles. The number of carbonyl (C=O) groups excluding carboxylic acids is 1. The van der Waals surface area contributed by atoms with Gasteiger partial charge in [-0.15, -0.1) is 0 Å². The first-order valence-electron chi connectivity index (χ1n) is 9.41. The molecule has 2 unspecified atom stereocenters. The molecule has 0 radical (unpaired) electrons. The van der Waals surface area contributed by atoms with Gasteiger partial charge >= 0.3 is 12.0 Å². The van der Waals surface area contributed by atoms with Crippen LogP contribution in [0.15, 0.2) is 24.5 Å². The van der Waals surface area contributed by atoms with Crippen molar-refractivity contribution in [2.24, 2.45) is 5.92 Å². The number of imidazole rings is 1. The van der Waals surface area contributed by atoms with Crippen LogP contribution in [0.25, 0.3) is 0 Å². The van der Waals surface area contributed by atoms with Gasteiger partial charge in [0.15, 0.2) is 0 Å². The summed E-state index contributed by atoms with van der Waals surface area (Å²) in [7, 11) is 3.13. The lowest BCUT2D eigenvalue weighted by Gasteiger charge is -2.36. The van der Waals surface area contributed by atoms with Crippen LogP contribution in [0.5, 0.6) is 11.5 Å². The molecule has 3 rings (SSSR count).